The molecule has 5 heteroatoms. The maximum absolute atomic E-state index is 12.3. The van der Waals surface area contributed by atoms with Crippen molar-refractivity contribution in [1.82, 2.24) is 10.2 Å². The van der Waals surface area contributed by atoms with E-state index < -0.39 is 0 Å². The van der Waals surface area contributed by atoms with Gasteiger partial charge in [0, 0.05) is 31.6 Å². The minimum atomic E-state index is -0.168. The highest BCUT2D eigenvalue weighted by atomic mass is 16.2. The molecule has 1 fully saturated rings. The van der Waals surface area contributed by atoms with Gasteiger partial charge in [0.1, 0.15) is 0 Å². The molecule has 1 aliphatic heterocycles. The third-order valence-corrected chi connectivity index (χ3v) is 4.67. The van der Waals surface area contributed by atoms with Gasteiger partial charge in [-0.3, -0.25) is 9.59 Å². The van der Waals surface area contributed by atoms with E-state index in [1.807, 2.05) is 49.1 Å². The Hall–Kier alpha value is -1.88. The topological polar surface area (TPSA) is 75.4 Å². The maximum atomic E-state index is 12.3. The van der Waals surface area contributed by atoms with Crippen molar-refractivity contribution < 1.29 is 9.59 Å². The van der Waals surface area contributed by atoms with Gasteiger partial charge in [0.2, 0.25) is 11.8 Å². The molecule has 1 heterocycles. The van der Waals surface area contributed by atoms with E-state index in [4.69, 9.17) is 5.73 Å². The zero-order chi connectivity index (χ0) is 16.8. The summed E-state index contributed by atoms with van der Waals surface area (Å²) in [5, 5.41) is 2.99. The number of likely N-dealkylation sites (tertiary alicyclic amines) is 1. The molecule has 1 aliphatic rings. The van der Waals surface area contributed by atoms with E-state index in [1.54, 1.807) is 0 Å². The summed E-state index contributed by atoms with van der Waals surface area (Å²) in [6, 6.07) is 9.74. The lowest BCUT2D eigenvalue weighted by Crippen LogP contribution is -2.47. The van der Waals surface area contributed by atoms with Crippen LogP contribution in [0.3, 0.4) is 0 Å². The van der Waals surface area contributed by atoms with Crippen molar-refractivity contribution in [3.05, 3.63) is 35.9 Å². The minimum Gasteiger partial charge on any atom is -0.352 e. The molecular formula is C18H27N3O2. The number of carbonyl (C=O) groups is 2. The van der Waals surface area contributed by atoms with E-state index >= 15 is 0 Å². The van der Waals surface area contributed by atoms with Gasteiger partial charge in [-0.1, -0.05) is 37.3 Å². The first-order chi connectivity index (χ1) is 11.0. The average molecular weight is 317 g/mol. The molecule has 2 rings (SSSR count). The molecule has 2 atom stereocenters. The second-order valence-corrected chi connectivity index (χ2v) is 6.45. The minimum absolute atomic E-state index is 0.00614. The van der Waals surface area contributed by atoms with Crippen molar-refractivity contribution in [3.63, 3.8) is 0 Å². The highest BCUT2D eigenvalue weighted by Gasteiger charge is 2.30. The Labute approximate surface area is 138 Å². The number of carbonyl (C=O) groups excluding carboxylic acids is 2. The molecule has 2 amide bonds. The largest absolute Gasteiger partial charge is 0.352 e. The van der Waals surface area contributed by atoms with Crippen LogP contribution in [-0.2, 0) is 16.1 Å². The van der Waals surface area contributed by atoms with Crippen LogP contribution in [0, 0.1) is 11.8 Å². The number of nitrogens with two attached hydrogens (primary N) is 1. The van der Waals surface area contributed by atoms with E-state index in [2.05, 4.69) is 5.32 Å². The Balaban J connectivity index is 1.77. The molecular weight excluding hydrogens is 290 g/mol. The smallest absolute Gasteiger partial charge is 0.226 e. The van der Waals surface area contributed by atoms with Gasteiger partial charge in [-0.2, -0.15) is 0 Å². The molecule has 0 radical (unpaired) electrons. The highest BCUT2D eigenvalue weighted by molar-refractivity contribution is 5.81. The van der Waals surface area contributed by atoms with Crippen LogP contribution in [0.1, 0.15) is 32.3 Å². The summed E-state index contributed by atoms with van der Waals surface area (Å²) in [5.74, 6) is 0.0103. The quantitative estimate of drug-likeness (QED) is 0.864. The number of rotatable bonds is 5. The van der Waals surface area contributed by atoms with E-state index in [-0.39, 0.29) is 29.7 Å². The van der Waals surface area contributed by atoms with Gasteiger partial charge in [0.05, 0.1) is 5.92 Å². The van der Waals surface area contributed by atoms with E-state index in [0.29, 0.717) is 19.6 Å². The number of amides is 2. The second kappa shape index (κ2) is 8.11. The van der Waals surface area contributed by atoms with Gasteiger partial charge < -0.3 is 16.0 Å². The Bertz CT molecular complexity index is 522. The number of hydrogen-bond acceptors (Lipinski definition) is 3. The van der Waals surface area contributed by atoms with Gasteiger partial charge in [0.15, 0.2) is 0 Å². The fourth-order valence-corrected chi connectivity index (χ4v) is 2.80. The molecule has 2 unspecified atom stereocenters. The maximum Gasteiger partial charge on any atom is 0.226 e. The van der Waals surface area contributed by atoms with Crippen LogP contribution in [0.2, 0.25) is 0 Å². The van der Waals surface area contributed by atoms with Gasteiger partial charge in [-0.15, -0.1) is 0 Å². The number of benzene rings is 1. The van der Waals surface area contributed by atoms with Crippen molar-refractivity contribution in [3.8, 4) is 0 Å². The molecule has 5 nitrogen and oxygen atoms in total. The highest BCUT2D eigenvalue weighted by Crippen LogP contribution is 2.20. The summed E-state index contributed by atoms with van der Waals surface area (Å²) in [6.07, 6.45) is 1.44. The first-order valence-electron chi connectivity index (χ1n) is 8.35. The first-order valence-corrected chi connectivity index (χ1v) is 8.35. The molecule has 126 valence electrons. The Morgan fingerprint density at radius 2 is 1.83 bits per heavy atom. The molecule has 23 heavy (non-hydrogen) atoms. The van der Waals surface area contributed by atoms with Crippen LogP contribution in [0.4, 0.5) is 0 Å². The molecule has 1 aromatic rings. The van der Waals surface area contributed by atoms with Gasteiger partial charge in [-0.05, 0) is 25.3 Å². The molecule has 1 aromatic carbocycles. The molecule has 0 aromatic heterocycles. The van der Waals surface area contributed by atoms with Gasteiger partial charge in [0.25, 0.3) is 0 Å². The van der Waals surface area contributed by atoms with Crippen LogP contribution in [0.25, 0.3) is 0 Å². The molecule has 0 spiro atoms. The summed E-state index contributed by atoms with van der Waals surface area (Å²) in [7, 11) is 0. The Kier molecular flexibility index (Phi) is 6.16. The summed E-state index contributed by atoms with van der Waals surface area (Å²) in [6.45, 7) is 5.55. The lowest BCUT2D eigenvalue weighted by Gasteiger charge is -2.33. The molecule has 1 saturated heterocycles. The Morgan fingerprint density at radius 1 is 1.22 bits per heavy atom. The molecule has 0 bridgehead atoms. The summed E-state index contributed by atoms with van der Waals surface area (Å²) in [4.78, 5) is 26.4. The molecule has 0 saturated carbocycles. The van der Waals surface area contributed by atoms with Crippen molar-refractivity contribution in [2.24, 2.45) is 17.6 Å². The summed E-state index contributed by atoms with van der Waals surface area (Å²) in [5.41, 5.74) is 6.90. The number of nitrogens with one attached hydrogen (secondary N) is 1. The SMILES string of the molecule is CC(N)C(C)C(=O)N1CCC(C(=O)NCc2ccccc2)CC1. The van der Waals surface area contributed by atoms with E-state index in [0.717, 1.165) is 18.4 Å². The summed E-state index contributed by atoms with van der Waals surface area (Å²) < 4.78 is 0. The predicted octanol–water partition coefficient (Wildman–Crippen LogP) is 1.52. The lowest BCUT2D eigenvalue weighted by molar-refractivity contribution is -0.139. The standard InChI is InChI=1S/C18H27N3O2/c1-13(14(2)19)18(23)21-10-8-16(9-11-21)17(22)20-12-15-6-4-3-5-7-15/h3-7,13-14,16H,8-12,19H2,1-2H3,(H,20,22). The third-order valence-electron chi connectivity index (χ3n) is 4.67. The van der Waals surface area contributed by atoms with Gasteiger partial charge >= 0.3 is 0 Å². The van der Waals surface area contributed by atoms with Crippen LogP contribution in [0.5, 0.6) is 0 Å². The van der Waals surface area contributed by atoms with Crippen molar-refractivity contribution in [2.45, 2.75) is 39.3 Å². The first kappa shape index (κ1) is 17.5. The fourth-order valence-electron chi connectivity index (χ4n) is 2.80. The average Bonchev–Trinajstić information content (AvgIpc) is 2.59. The third kappa shape index (κ3) is 4.79. The van der Waals surface area contributed by atoms with Crippen LogP contribution >= 0.6 is 0 Å². The van der Waals surface area contributed by atoms with Gasteiger partial charge in [-0.25, -0.2) is 0 Å². The predicted molar refractivity (Wildman–Crippen MR) is 90.4 cm³/mol. The van der Waals surface area contributed by atoms with Crippen LogP contribution in [-0.4, -0.2) is 35.8 Å². The number of piperidine rings is 1. The zero-order valence-electron chi connectivity index (χ0n) is 14.0. The number of nitrogens with zero attached hydrogens (tertiary/aromatic N) is 1. The zero-order valence-corrected chi connectivity index (χ0v) is 14.0. The summed E-state index contributed by atoms with van der Waals surface area (Å²) >= 11 is 0. The van der Waals surface area contributed by atoms with Crippen LogP contribution in [0.15, 0.2) is 30.3 Å². The normalized spacial score (nSPS) is 18.3. The second-order valence-electron chi connectivity index (χ2n) is 6.45. The van der Waals surface area contributed by atoms with Crippen LogP contribution < -0.4 is 11.1 Å². The monoisotopic (exact) mass is 317 g/mol. The molecule has 0 aliphatic carbocycles. The Morgan fingerprint density at radius 3 is 2.39 bits per heavy atom. The fraction of sp³-hybridized carbons (Fsp3) is 0.556. The number of hydrogen-bond donors (Lipinski definition) is 2. The van der Waals surface area contributed by atoms with E-state index in [1.165, 1.54) is 0 Å². The molecule has 3 N–H and O–H groups in total. The van der Waals surface area contributed by atoms with Crippen molar-refractivity contribution in [2.75, 3.05) is 13.1 Å². The van der Waals surface area contributed by atoms with Crippen molar-refractivity contribution >= 4 is 11.8 Å². The van der Waals surface area contributed by atoms with E-state index in [9.17, 15) is 9.59 Å². The lowest BCUT2D eigenvalue weighted by atomic mass is 9.94. The van der Waals surface area contributed by atoms with Crippen molar-refractivity contribution in [1.29, 1.82) is 0 Å².